The molecule has 3 aromatic rings. The van der Waals surface area contributed by atoms with Gasteiger partial charge in [0.15, 0.2) is 5.75 Å². The Balaban J connectivity index is 1.63. The van der Waals surface area contributed by atoms with Crippen LogP contribution in [0.5, 0.6) is 5.75 Å². The highest BCUT2D eigenvalue weighted by Crippen LogP contribution is 2.27. The lowest BCUT2D eigenvalue weighted by Crippen LogP contribution is -2.37. The lowest BCUT2D eigenvalue weighted by Gasteiger charge is -2.28. The van der Waals surface area contributed by atoms with E-state index in [2.05, 4.69) is 29.9 Å². The molecule has 130 valence electrons. The Bertz CT molecular complexity index is 932. The number of hydrogen-bond acceptors (Lipinski definition) is 8. The number of hydrogen-bond donors (Lipinski definition) is 0. The molecule has 0 saturated carbocycles. The number of ether oxygens (including phenoxy) is 1. The first kappa shape index (κ1) is 16.0. The van der Waals surface area contributed by atoms with Gasteiger partial charge in [-0.2, -0.15) is 0 Å². The second-order valence-corrected chi connectivity index (χ2v) is 5.70. The average Bonchev–Trinajstić information content (AvgIpc) is 2.73. The molecule has 0 radical (unpaired) electrons. The van der Waals surface area contributed by atoms with Crippen LogP contribution in [0.2, 0.25) is 0 Å². The third-order valence-electron chi connectivity index (χ3n) is 4.18. The van der Waals surface area contributed by atoms with Crippen LogP contribution in [-0.4, -0.2) is 54.4 Å². The number of nitrogens with zero attached hydrogens (tertiary/aromatic N) is 7. The summed E-state index contributed by atoms with van der Waals surface area (Å²) >= 11 is 0. The maximum absolute atomic E-state index is 12.8. The third kappa shape index (κ3) is 2.94. The van der Waals surface area contributed by atoms with E-state index in [0.717, 1.165) is 22.5 Å². The minimum absolute atomic E-state index is 0.135. The Labute approximate surface area is 149 Å². The molecule has 1 aliphatic rings. The molecule has 3 aromatic heterocycles. The molecule has 0 unspecified atom stereocenters. The Kier molecular flexibility index (Phi) is 4.18. The quantitative estimate of drug-likeness (QED) is 0.687. The fraction of sp³-hybridized carbons (Fsp3) is 0.235. The SMILES string of the molecule is COc1cnc(C(=O)N2CCc3ncnc(-c4cncnc4)c3C2)nc1. The minimum Gasteiger partial charge on any atom is -0.494 e. The summed E-state index contributed by atoms with van der Waals surface area (Å²) in [5.41, 5.74) is 3.36. The summed E-state index contributed by atoms with van der Waals surface area (Å²) in [5.74, 6) is 0.401. The molecule has 0 bridgehead atoms. The van der Waals surface area contributed by atoms with E-state index in [9.17, 15) is 4.79 Å². The number of carbonyl (C=O) groups is 1. The molecule has 0 atom stereocenters. The Hall–Kier alpha value is -3.49. The number of rotatable bonds is 3. The van der Waals surface area contributed by atoms with Gasteiger partial charge in [0.2, 0.25) is 5.82 Å². The Morgan fingerprint density at radius 1 is 1.04 bits per heavy atom. The standard InChI is InChI=1S/C17H15N7O2/c1-26-12-6-20-16(21-7-12)17(25)24-3-2-14-13(8-24)15(23-10-22-14)11-4-18-9-19-5-11/h4-7,9-10H,2-3,8H2,1H3. The number of amides is 1. The van der Waals surface area contributed by atoms with Gasteiger partial charge in [0.25, 0.3) is 5.91 Å². The predicted molar refractivity (Wildman–Crippen MR) is 90.1 cm³/mol. The van der Waals surface area contributed by atoms with Crippen molar-refractivity contribution in [3.05, 3.63) is 54.5 Å². The monoisotopic (exact) mass is 349 g/mol. The number of carbonyl (C=O) groups excluding carboxylic acids is 1. The molecule has 26 heavy (non-hydrogen) atoms. The van der Waals surface area contributed by atoms with Crippen LogP contribution in [0.25, 0.3) is 11.3 Å². The van der Waals surface area contributed by atoms with Gasteiger partial charge < -0.3 is 9.64 Å². The summed E-state index contributed by atoms with van der Waals surface area (Å²) in [4.78, 5) is 39.4. The van der Waals surface area contributed by atoms with E-state index >= 15 is 0 Å². The van der Waals surface area contributed by atoms with Crippen LogP contribution in [-0.2, 0) is 13.0 Å². The van der Waals surface area contributed by atoms with E-state index in [-0.39, 0.29) is 11.7 Å². The predicted octanol–water partition coefficient (Wildman–Crippen LogP) is 0.931. The fourth-order valence-corrected chi connectivity index (χ4v) is 2.86. The fourth-order valence-electron chi connectivity index (χ4n) is 2.86. The summed E-state index contributed by atoms with van der Waals surface area (Å²) in [6.45, 7) is 0.928. The number of aromatic nitrogens is 6. The van der Waals surface area contributed by atoms with Crippen molar-refractivity contribution in [3.63, 3.8) is 0 Å². The molecule has 9 nitrogen and oxygen atoms in total. The molecule has 0 aromatic carbocycles. The molecule has 0 spiro atoms. The molecule has 0 N–H and O–H groups in total. The van der Waals surface area contributed by atoms with Crippen molar-refractivity contribution < 1.29 is 9.53 Å². The first-order valence-electron chi connectivity index (χ1n) is 7.99. The van der Waals surface area contributed by atoms with Crippen molar-refractivity contribution in [1.29, 1.82) is 0 Å². The zero-order valence-corrected chi connectivity index (χ0v) is 14.0. The summed E-state index contributed by atoms with van der Waals surface area (Å²) in [6.07, 6.45) is 9.99. The summed E-state index contributed by atoms with van der Waals surface area (Å²) in [6, 6.07) is 0. The van der Waals surface area contributed by atoms with Crippen LogP contribution in [0.1, 0.15) is 21.9 Å². The van der Waals surface area contributed by atoms with Gasteiger partial charge in [-0.05, 0) is 0 Å². The molecule has 4 rings (SSSR count). The van der Waals surface area contributed by atoms with E-state index in [0.29, 0.717) is 25.3 Å². The first-order valence-corrected chi connectivity index (χ1v) is 7.99. The molecule has 1 aliphatic heterocycles. The van der Waals surface area contributed by atoms with Gasteiger partial charge in [-0.3, -0.25) is 4.79 Å². The van der Waals surface area contributed by atoms with E-state index in [1.807, 2.05) is 0 Å². The van der Waals surface area contributed by atoms with Crippen LogP contribution in [0.4, 0.5) is 0 Å². The summed E-state index contributed by atoms with van der Waals surface area (Å²) in [5, 5.41) is 0. The molecular weight excluding hydrogens is 334 g/mol. The van der Waals surface area contributed by atoms with E-state index in [1.54, 1.807) is 17.3 Å². The van der Waals surface area contributed by atoms with Crippen LogP contribution in [0.3, 0.4) is 0 Å². The maximum atomic E-state index is 12.8. The van der Waals surface area contributed by atoms with Gasteiger partial charge >= 0.3 is 0 Å². The average molecular weight is 349 g/mol. The van der Waals surface area contributed by atoms with Crippen molar-refractivity contribution in [3.8, 4) is 17.0 Å². The number of methoxy groups -OCH3 is 1. The normalized spacial score (nSPS) is 13.2. The van der Waals surface area contributed by atoms with E-state index < -0.39 is 0 Å². The zero-order chi connectivity index (χ0) is 17.9. The van der Waals surface area contributed by atoms with Crippen LogP contribution >= 0.6 is 0 Å². The van der Waals surface area contributed by atoms with Gasteiger partial charge in [0, 0.05) is 36.5 Å². The molecule has 0 fully saturated rings. The highest BCUT2D eigenvalue weighted by molar-refractivity contribution is 5.90. The largest absolute Gasteiger partial charge is 0.494 e. The lowest BCUT2D eigenvalue weighted by molar-refractivity contribution is 0.0721. The topological polar surface area (TPSA) is 107 Å². The second-order valence-electron chi connectivity index (χ2n) is 5.70. The lowest BCUT2D eigenvalue weighted by atomic mass is 10.0. The van der Waals surface area contributed by atoms with Crippen LogP contribution in [0, 0.1) is 0 Å². The van der Waals surface area contributed by atoms with Crippen molar-refractivity contribution in [2.24, 2.45) is 0 Å². The second kappa shape index (κ2) is 6.79. The zero-order valence-electron chi connectivity index (χ0n) is 14.0. The maximum Gasteiger partial charge on any atom is 0.291 e. The highest BCUT2D eigenvalue weighted by Gasteiger charge is 2.27. The Morgan fingerprint density at radius 3 is 2.54 bits per heavy atom. The van der Waals surface area contributed by atoms with Gasteiger partial charge in [-0.25, -0.2) is 29.9 Å². The smallest absolute Gasteiger partial charge is 0.291 e. The highest BCUT2D eigenvalue weighted by atomic mass is 16.5. The summed E-state index contributed by atoms with van der Waals surface area (Å²) < 4.78 is 5.03. The molecular formula is C17H15N7O2. The van der Waals surface area contributed by atoms with Crippen molar-refractivity contribution in [2.75, 3.05) is 13.7 Å². The van der Waals surface area contributed by atoms with E-state index in [4.69, 9.17) is 4.74 Å². The third-order valence-corrected chi connectivity index (χ3v) is 4.18. The molecule has 1 amide bonds. The molecule has 9 heteroatoms. The van der Waals surface area contributed by atoms with Crippen molar-refractivity contribution in [2.45, 2.75) is 13.0 Å². The first-order chi connectivity index (χ1) is 12.8. The summed E-state index contributed by atoms with van der Waals surface area (Å²) in [7, 11) is 1.52. The Morgan fingerprint density at radius 2 is 1.81 bits per heavy atom. The molecule has 4 heterocycles. The van der Waals surface area contributed by atoms with E-state index in [1.165, 1.54) is 32.2 Å². The van der Waals surface area contributed by atoms with Crippen LogP contribution in [0.15, 0.2) is 37.4 Å². The molecule has 0 aliphatic carbocycles. The van der Waals surface area contributed by atoms with Gasteiger partial charge in [-0.1, -0.05) is 0 Å². The van der Waals surface area contributed by atoms with Gasteiger partial charge in [-0.15, -0.1) is 0 Å². The number of fused-ring (bicyclic) bond motifs is 1. The van der Waals surface area contributed by atoms with Gasteiger partial charge in [0.05, 0.1) is 37.4 Å². The van der Waals surface area contributed by atoms with Gasteiger partial charge in [0.1, 0.15) is 12.7 Å². The van der Waals surface area contributed by atoms with Crippen molar-refractivity contribution >= 4 is 5.91 Å². The van der Waals surface area contributed by atoms with Crippen molar-refractivity contribution in [1.82, 2.24) is 34.8 Å². The molecule has 0 saturated heterocycles. The minimum atomic E-state index is -0.239. The van der Waals surface area contributed by atoms with Crippen LogP contribution < -0.4 is 4.74 Å².